The van der Waals surface area contributed by atoms with Crippen LogP contribution in [0.5, 0.6) is 11.5 Å². The van der Waals surface area contributed by atoms with Crippen molar-refractivity contribution < 1.29 is 23.5 Å². The van der Waals surface area contributed by atoms with Crippen LogP contribution in [0.15, 0.2) is 72.8 Å². The van der Waals surface area contributed by atoms with Crippen molar-refractivity contribution in [3.8, 4) is 11.5 Å². The molecule has 0 bridgehead atoms. The van der Waals surface area contributed by atoms with Crippen molar-refractivity contribution in [2.24, 2.45) is 5.92 Å². The number of aryl methyl sites for hydroxylation is 1. The number of amides is 2. The number of carbonyl (C=O) groups excluding carboxylic acids is 2. The maximum absolute atomic E-state index is 14.7. The van der Waals surface area contributed by atoms with Crippen molar-refractivity contribution >= 4 is 11.8 Å². The summed E-state index contributed by atoms with van der Waals surface area (Å²) in [6.45, 7) is 4.70. The Morgan fingerprint density at radius 1 is 0.946 bits per heavy atom. The van der Waals surface area contributed by atoms with Gasteiger partial charge in [-0.25, -0.2) is 4.39 Å². The van der Waals surface area contributed by atoms with E-state index in [-0.39, 0.29) is 37.5 Å². The van der Waals surface area contributed by atoms with Crippen molar-refractivity contribution in [2.45, 2.75) is 45.7 Å². The lowest BCUT2D eigenvalue weighted by Gasteiger charge is -2.32. The standard InChI is InChI=1S/C30H33FN2O4/c1-21(2)18-32-30(35)26(16-22-8-4-3-5-9-22)33(19-24-10-6-7-11-25(24)31)29(34)15-13-23-12-14-27-28(17-23)37-20-36-27/h3-12,14,17,21,26H,13,15-16,18-20H2,1-2H3,(H,32,35)/t26-/m0/s1. The van der Waals surface area contributed by atoms with Gasteiger partial charge in [0.25, 0.3) is 0 Å². The summed E-state index contributed by atoms with van der Waals surface area (Å²) in [4.78, 5) is 28.7. The molecular weight excluding hydrogens is 471 g/mol. The number of nitrogens with one attached hydrogen (secondary N) is 1. The summed E-state index contributed by atoms with van der Waals surface area (Å²) in [5.74, 6) is 0.719. The maximum atomic E-state index is 14.7. The molecule has 0 saturated carbocycles. The second-order valence-corrected chi connectivity index (χ2v) is 9.65. The molecule has 1 aliphatic heterocycles. The molecule has 2 amide bonds. The molecule has 0 fully saturated rings. The summed E-state index contributed by atoms with van der Waals surface area (Å²) < 4.78 is 25.5. The molecule has 0 aromatic heterocycles. The minimum absolute atomic E-state index is 0.000750. The molecule has 1 heterocycles. The Labute approximate surface area is 217 Å². The van der Waals surface area contributed by atoms with Crippen molar-refractivity contribution in [3.63, 3.8) is 0 Å². The second-order valence-electron chi connectivity index (χ2n) is 9.65. The van der Waals surface area contributed by atoms with Crippen LogP contribution in [0.1, 0.15) is 37.0 Å². The fraction of sp³-hybridized carbons (Fsp3) is 0.333. The molecule has 0 spiro atoms. The molecule has 194 valence electrons. The molecule has 3 aromatic carbocycles. The van der Waals surface area contributed by atoms with Crippen molar-refractivity contribution in [3.05, 3.63) is 95.3 Å². The quantitative estimate of drug-likeness (QED) is 0.403. The number of hydrogen-bond donors (Lipinski definition) is 1. The first-order valence-corrected chi connectivity index (χ1v) is 12.6. The molecule has 0 aliphatic carbocycles. The molecule has 37 heavy (non-hydrogen) atoms. The van der Waals surface area contributed by atoms with Gasteiger partial charge < -0.3 is 19.7 Å². The van der Waals surface area contributed by atoms with E-state index in [1.165, 1.54) is 11.0 Å². The summed E-state index contributed by atoms with van der Waals surface area (Å²) in [6, 6.07) is 20.8. The zero-order chi connectivity index (χ0) is 26.2. The molecule has 7 heteroatoms. The Hall–Kier alpha value is -3.87. The van der Waals surface area contributed by atoms with Crippen LogP contribution in [0.2, 0.25) is 0 Å². The molecule has 0 unspecified atom stereocenters. The highest BCUT2D eigenvalue weighted by molar-refractivity contribution is 5.88. The lowest BCUT2D eigenvalue weighted by atomic mass is 10.0. The van der Waals surface area contributed by atoms with Gasteiger partial charge >= 0.3 is 0 Å². The maximum Gasteiger partial charge on any atom is 0.243 e. The monoisotopic (exact) mass is 504 g/mol. The minimum atomic E-state index is -0.787. The number of ether oxygens (including phenoxy) is 2. The molecule has 0 radical (unpaired) electrons. The number of carbonyl (C=O) groups is 2. The number of nitrogens with zero attached hydrogens (tertiary/aromatic N) is 1. The molecule has 3 aromatic rings. The summed E-state index contributed by atoms with van der Waals surface area (Å²) >= 11 is 0. The molecular formula is C30H33FN2O4. The third-order valence-electron chi connectivity index (χ3n) is 6.32. The average molecular weight is 505 g/mol. The highest BCUT2D eigenvalue weighted by Gasteiger charge is 2.31. The second kappa shape index (κ2) is 12.4. The topological polar surface area (TPSA) is 67.9 Å². The summed E-state index contributed by atoms with van der Waals surface area (Å²) in [5, 5.41) is 2.98. The Morgan fingerprint density at radius 2 is 1.68 bits per heavy atom. The lowest BCUT2D eigenvalue weighted by Crippen LogP contribution is -2.51. The Bertz CT molecular complexity index is 1220. The highest BCUT2D eigenvalue weighted by Crippen LogP contribution is 2.33. The smallest absolute Gasteiger partial charge is 0.243 e. The van der Waals surface area contributed by atoms with E-state index >= 15 is 0 Å². The summed E-state index contributed by atoms with van der Waals surface area (Å²) in [7, 11) is 0. The van der Waals surface area contributed by atoms with Gasteiger partial charge in [0.15, 0.2) is 11.5 Å². The van der Waals surface area contributed by atoms with Crippen LogP contribution in [0, 0.1) is 11.7 Å². The van der Waals surface area contributed by atoms with E-state index in [4.69, 9.17) is 9.47 Å². The Kier molecular flexibility index (Phi) is 8.77. The third-order valence-corrected chi connectivity index (χ3v) is 6.32. The SMILES string of the molecule is CC(C)CNC(=O)[C@H](Cc1ccccc1)N(Cc1ccccc1F)C(=O)CCc1ccc2c(c1)OCO2. The van der Waals surface area contributed by atoms with Crippen LogP contribution in [-0.4, -0.2) is 36.1 Å². The largest absolute Gasteiger partial charge is 0.454 e. The van der Waals surface area contributed by atoms with Crippen LogP contribution >= 0.6 is 0 Å². The van der Waals surface area contributed by atoms with Crippen LogP contribution < -0.4 is 14.8 Å². The molecule has 4 rings (SSSR count). The van der Waals surface area contributed by atoms with Crippen molar-refractivity contribution in [1.29, 1.82) is 0 Å². The first-order valence-electron chi connectivity index (χ1n) is 12.6. The number of fused-ring (bicyclic) bond motifs is 1. The number of rotatable bonds is 11. The van der Waals surface area contributed by atoms with E-state index in [1.54, 1.807) is 18.2 Å². The molecule has 6 nitrogen and oxygen atoms in total. The predicted molar refractivity (Wildman–Crippen MR) is 140 cm³/mol. The molecule has 1 atom stereocenters. The third kappa shape index (κ3) is 7.09. The van der Waals surface area contributed by atoms with Crippen molar-refractivity contribution in [1.82, 2.24) is 10.2 Å². The fourth-order valence-corrected chi connectivity index (χ4v) is 4.28. The first kappa shape index (κ1) is 26.2. The van der Waals surface area contributed by atoms with Gasteiger partial charge in [0, 0.05) is 31.5 Å². The average Bonchev–Trinajstić information content (AvgIpc) is 3.37. The van der Waals surface area contributed by atoms with Gasteiger partial charge in [0.05, 0.1) is 0 Å². The van der Waals surface area contributed by atoms with E-state index in [0.29, 0.717) is 36.4 Å². The fourth-order valence-electron chi connectivity index (χ4n) is 4.28. The molecule has 1 N–H and O–H groups in total. The van der Waals surface area contributed by atoms with Gasteiger partial charge in [-0.15, -0.1) is 0 Å². The summed E-state index contributed by atoms with van der Waals surface area (Å²) in [5.41, 5.74) is 2.22. The van der Waals surface area contributed by atoms with E-state index in [0.717, 1.165) is 11.1 Å². The van der Waals surface area contributed by atoms with E-state index in [2.05, 4.69) is 5.32 Å². The Balaban J connectivity index is 1.60. The van der Waals surface area contributed by atoms with Crippen LogP contribution in [0.4, 0.5) is 4.39 Å². The zero-order valence-electron chi connectivity index (χ0n) is 21.3. The first-order chi connectivity index (χ1) is 17.9. The number of hydrogen-bond acceptors (Lipinski definition) is 4. The van der Waals surface area contributed by atoms with Crippen molar-refractivity contribution in [2.75, 3.05) is 13.3 Å². The van der Waals surface area contributed by atoms with Gasteiger partial charge in [-0.1, -0.05) is 68.4 Å². The zero-order valence-corrected chi connectivity index (χ0v) is 21.3. The van der Waals surface area contributed by atoms with E-state index < -0.39 is 11.9 Å². The molecule has 0 saturated heterocycles. The van der Waals surface area contributed by atoms with Crippen LogP contribution in [0.25, 0.3) is 0 Å². The van der Waals surface area contributed by atoms with Crippen LogP contribution in [-0.2, 0) is 29.0 Å². The van der Waals surface area contributed by atoms with E-state index in [1.807, 2.05) is 62.4 Å². The normalized spacial score (nSPS) is 12.9. The number of halogens is 1. The van der Waals surface area contributed by atoms with Gasteiger partial charge in [0.1, 0.15) is 11.9 Å². The minimum Gasteiger partial charge on any atom is -0.454 e. The summed E-state index contributed by atoms with van der Waals surface area (Å²) in [6.07, 6.45) is 0.945. The lowest BCUT2D eigenvalue weighted by molar-refractivity contribution is -0.141. The van der Waals surface area contributed by atoms with Gasteiger partial charge in [-0.3, -0.25) is 9.59 Å². The van der Waals surface area contributed by atoms with Crippen LogP contribution in [0.3, 0.4) is 0 Å². The highest BCUT2D eigenvalue weighted by atomic mass is 19.1. The van der Waals surface area contributed by atoms with Gasteiger partial charge in [0.2, 0.25) is 18.6 Å². The number of benzene rings is 3. The van der Waals surface area contributed by atoms with Gasteiger partial charge in [-0.2, -0.15) is 0 Å². The molecule has 1 aliphatic rings. The Morgan fingerprint density at radius 3 is 2.43 bits per heavy atom. The van der Waals surface area contributed by atoms with E-state index in [9.17, 15) is 14.0 Å². The predicted octanol–water partition coefficient (Wildman–Crippen LogP) is 4.90. The van der Waals surface area contributed by atoms with Gasteiger partial charge in [-0.05, 0) is 41.7 Å².